The molecule has 0 amide bonds. The average molecular weight is 237 g/mol. The Labute approximate surface area is 102 Å². The van der Waals surface area contributed by atoms with Crippen LogP contribution >= 0.6 is 0 Å². The molecule has 1 N–H and O–H groups in total. The fraction of sp³-hybridized carbons (Fsp3) is 0.538. The fourth-order valence-electron chi connectivity index (χ4n) is 1.74. The first kappa shape index (κ1) is 12.2. The summed E-state index contributed by atoms with van der Waals surface area (Å²) in [5.41, 5.74) is 0. The van der Waals surface area contributed by atoms with Gasteiger partial charge in [-0.2, -0.15) is 0 Å². The third-order valence-corrected chi connectivity index (χ3v) is 2.56. The van der Waals surface area contributed by atoms with Gasteiger partial charge < -0.3 is 19.5 Å². The summed E-state index contributed by atoms with van der Waals surface area (Å²) in [7, 11) is 0. The normalized spacial score (nSPS) is 19.9. The van der Waals surface area contributed by atoms with Crippen molar-refractivity contribution >= 4 is 0 Å². The van der Waals surface area contributed by atoms with E-state index in [-0.39, 0.29) is 6.10 Å². The number of rotatable bonds is 5. The van der Waals surface area contributed by atoms with Gasteiger partial charge in [0.1, 0.15) is 24.2 Å². The van der Waals surface area contributed by atoms with Crippen LogP contribution in [0.3, 0.4) is 0 Å². The monoisotopic (exact) mass is 237 g/mol. The molecule has 4 heteroatoms. The van der Waals surface area contributed by atoms with Crippen LogP contribution in [0.2, 0.25) is 0 Å². The highest BCUT2D eigenvalue weighted by Crippen LogP contribution is 2.19. The summed E-state index contributed by atoms with van der Waals surface area (Å²) in [6.07, 6.45) is 0.138. The lowest BCUT2D eigenvalue weighted by molar-refractivity contribution is 0.000151. The summed E-state index contributed by atoms with van der Waals surface area (Å²) < 4.78 is 16.7. The second-order valence-corrected chi connectivity index (χ2v) is 3.92. The Morgan fingerprint density at radius 3 is 2.88 bits per heavy atom. The quantitative estimate of drug-likeness (QED) is 0.841. The topological polar surface area (TPSA) is 39.7 Å². The van der Waals surface area contributed by atoms with Crippen LogP contribution in [0.15, 0.2) is 24.3 Å². The van der Waals surface area contributed by atoms with Gasteiger partial charge >= 0.3 is 0 Å². The molecule has 1 aromatic rings. The predicted octanol–water partition coefficient (Wildman–Crippen LogP) is 1.45. The number of hydrogen-bond acceptors (Lipinski definition) is 4. The van der Waals surface area contributed by atoms with E-state index in [1.54, 1.807) is 0 Å². The molecule has 0 aliphatic carbocycles. The first-order chi connectivity index (χ1) is 8.38. The molecule has 1 aliphatic rings. The van der Waals surface area contributed by atoms with Crippen molar-refractivity contribution in [1.82, 2.24) is 5.32 Å². The van der Waals surface area contributed by atoms with Gasteiger partial charge in [-0.05, 0) is 19.1 Å². The molecule has 4 nitrogen and oxygen atoms in total. The highest BCUT2D eigenvalue weighted by Gasteiger charge is 2.13. The van der Waals surface area contributed by atoms with Crippen molar-refractivity contribution in [2.24, 2.45) is 0 Å². The number of benzene rings is 1. The molecule has 1 atom stereocenters. The van der Waals surface area contributed by atoms with Crippen LogP contribution in [0.25, 0.3) is 0 Å². The van der Waals surface area contributed by atoms with E-state index in [4.69, 9.17) is 14.2 Å². The predicted molar refractivity (Wildman–Crippen MR) is 65.7 cm³/mol. The Balaban J connectivity index is 1.83. The van der Waals surface area contributed by atoms with Gasteiger partial charge in [0.15, 0.2) is 0 Å². The standard InChI is InChI=1S/C13H19NO3/c1-2-15-11-4-3-5-12(8-11)17-10-13-9-14-6-7-16-13/h3-5,8,13-14H,2,6-7,9-10H2,1H3. The van der Waals surface area contributed by atoms with Gasteiger partial charge in [-0.25, -0.2) is 0 Å². The van der Waals surface area contributed by atoms with Gasteiger partial charge in [-0.1, -0.05) is 6.07 Å². The molecule has 0 saturated carbocycles. The first-order valence-corrected chi connectivity index (χ1v) is 6.06. The van der Waals surface area contributed by atoms with Crippen LogP contribution in [0.1, 0.15) is 6.92 Å². The lowest BCUT2D eigenvalue weighted by Crippen LogP contribution is -2.41. The van der Waals surface area contributed by atoms with E-state index in [0.717, 1.165) is 31.2 Å². The van der Waals surface area contributed by atoms with Crippen molar-refractivity contribution in [3.63, 3.8) is 0 Å². The summed E-state index contributed by atoms with van der Waals surface area (Å²) in [6, 6.07) is 7.69. The Morgan fingerprint density at radius 1 is 1.35 bits per heavy atom. The van der Waals surface area contributed by atoms with Gasteiger partial charge in [0.25, 0.3) is 0 Å². The van der Waals surface area contributed by atoms with Gasteiger partial charge in [-0.15, -0.1) is 0 Å². The van der Waals surface area contributed by atoms with Gasteiger partial charge in [0.05, 0.1) is 13.2 Å². The second-order valence-electron chi connectivity index (χ2n) is 3.92. The Bertz CT molecular complexity index is 337. The molecule has 0 spiro atoms. The zero-order valence-electron chi connectivity index (χ0n) is 10.1. The van der Waals surface area contributed by atoms with Crippen molar-refractivity contribution in [1.29, 1.82) is 0 Å². The lowest BCUT2D eigenvalue weighted by Gasteiger charge is -2.23. The molecule has 1 saturated heterocycles. The molecule has 1 aromatic carbocycles. The Kier molecular flexibility index (Phi) is 4.64. The third-order valence-electron chi connectivity index (χ3n) is 2.56. The van der Waals surface area contributed by atoms with Crippen molar-refractivity contribution in [3.8, 4) is 11.5 Å². The number of hydrogen-bond donors (Lipinski definition) is 1. The molecule has 94 valence electrons. The number of ether oxygens (including phenoxy) is 3. The molecular formula is C13H19NO3. The van der Waals surface area contributed by atoms with Gasteiger partial charge in [0, 0.05) is 19.2 Å². The van der Waals surface area contributed by atoms with Crippen LogP contribution in [0, 0.1) is 0 Å². The Hall–Kier alpha value is -1.26. The van der Waals surface area contributed by atoms with E-state index in [9.17, 15) is 0 Å². The maximum Gasteiger partial charge on any atom is 0.123 e. The molecule has 0 radical (unpaired) electrons. The minimum Gasteiger partial charge on any atom is -0.494 e. The molecule has 0 aromatic heterocycles. The molecule has 1 aliphatic heterocycles. The number of nitrogens with one attached hydrogen (secondary N) is 1. The van der Waals surface area contributed by atoms with E-state index in [1.807, 2.05) is 31.2 Å². The SMILES string of the molecule is CCOc1cccc(OCC2CNCCO2)c1. The Morgan fingerprint density at radius 2 is 2.18 bits per heavy atom. The van der Waals surface area contributed by atoms with Gasteiger partial charge in [-0.3, -0.25) is 0 Å². The third kappa shape index (κ3) is 3.91. The van der Waals surface area contributed by atoms with Crippen LogP contribution in [-0.4, -0.2) is 39.0 Å². The van der Waals surface area contributed by atoms with Crippen LogP contribution in [-0.2, 0) is 4.74 Å². The average Bonchev–Trinajstić information content (AvgIpc) is 2.39. The van der Waals surface area contributed by atoms with E-state index >= 15 is 0 Å². The highest BCUT2D eigenvalue weighted by molar-refractivity contribution is 5.32. The van der Waals surface area contributed by atoms with Crippen LogP contribution < -0.4 is 14.8 Å². The molecule has 0 bridgehead atoms. The van der Waals surface area contributed by atoms with E-state index in [1.165, 1.54) is 0 Å². The molecule has 2 rings (SSSR count). The van der Waals surface area contributed by atoms with Crippen molar-refractivity contribution in [2.45, 2.75) is 13.0 Å². The zero-order chi connectivity index (χ0) is 11.9. The van der Waals surface area contributed by atoms with E-state index in [2.05, 4.69) is 5.32 Å². The maximum atomic E-state index is 5.69. The molecule has 1 heterocycles. The number of morpholine rings is 1. The molecular weight excluding hydrogens is 218 g/mol. The fourth-order valence-corrected chi connectivity index (χ4v) is 1.74. The minimum atomic E-state index is 0.138. The minimum absolute atomic E-state index is 0.138. The van der Waals surface area contributed by atoms with Crippen LogP contribution in [0.5, 0.6) is 11.5 Å². The first-order valence-electron chi connectivity index (χ1n) is 6.06. The molecule has 17 heavy (non-hydrogen) atoms. The molecule has 1 fully saturated rings. The largest absolute Gasteiger partial charge is 0.494 e. The highest BCUT2D eigenvalue weighted by atomic mass is 16.5. The summed E-state index contributed by atoms with van der Waals surface area (Å²) in [6.45, 7) is 5.74. The lowest BCUT2D eigenvalue weighted by atomic mass is 10.3. The van der Waals surface area contributed by atoms with E-state index < -0.39 is 0 Å². The van der Waals surface area contributed by atoms with Gasteiger partial charge in [0.2, 0.25) is 0 Å². The summed E-state index contributed by atoms with van der Waals surface area (Å²) in [4.78, 5) is 0. The zero-order valence-corrected chi connectivity index (χ0v) is 10.1. The smallest absolute Gasteiger partial charge is 0.123 e. The van der Waals surface area contributed by atoms with Crippen molar-refractivity contribution in [3.05, 3.63) is 24.3 Å². The van der Waals surface area contributed by atoms with Crippen molar-refractivity contribution in [2.75, 3.05) is 32.9 Å². The maximum absolute atomic E-state index is 5.69. The van der Waals surface area contributed by atoms with E-state index in [0.29, 0.717) is 13.2 Å². The molecule has 1 unspecified atom stereocenters. The van der Waals surface area contributed by atoms with Crippen LogP contribution in [0.4, 0.5) is 0 Å². The summed E-state index contributed by atoms with van der Waals surface area (Å²) in [5.74, 6) is 1.66. The van der Waals surface area contributed by atoms with Crippen molar-refractivity contribution < 1.29 is 14.2 Å². The summed E-state index contributed by atoms with van der Waals surface area (Å²) >= 11 is 0. The summed E-state index contributed by atoms with van der Waals surface area (Å²) in [5, 5.41) is 3.27. The second kappa shape index (κ2) is 6.47.